The monoisotopic (exact) mass is 206 g/mol. The van der Waals surface area contributed by atoms with Crippen molar-refractivity contribution in [2.24, 2.45) is 0 Å². The summed E-state index contributed by atoms with van der Waals surface area (Å²) >= 11 is 7.36. The van der Waals surface area contributed by atoms with Crippen LogP contribution in [0.1, 0.15) is 26.7 Å². The normalized spacial score (nSPS) is 31.8. The number of halogens is 1. The highest BCUT2D eigenvalue weighted by atomic mass is 35.5. The average molecular weight is 207 g/mol. The van der Waals surface area contributed by atoms with E-state index in [4.69, 9.17) is 11.6 Å². The molecule has 3 heteroatoms. The van der Waals surface area contributed by atoms with Crippen LogP contribution in [-0.2, 0) is 0 Å². The Balaban J connectivity index is 2.51. The van der Waals surface area contributed by atoms with Gasteiger partial charge < -0.3 is 5.11 Å². The Labute approximate surface area is 83.2 Å². The lowest BCUT2D eigenvalue weighted by Crippen LogP contribution is -2.34. The molecule has 0 bridgehead atoms. The second-order valence-electron chi connectivity index (χ2n) is 3.43. The summed E-state index contributed by atoms with van der Waals surface area (Å²) in [6.07, 6.45) is 3.55. The lowest BCUT2D eigenvalue weighted by molar-refractivity contribution is 0.134. The number of aliphatic hydroxyl groups excluding tert-OH is 1. The van der Waals surface area contributed by atoms with E-state index < -0.39 is 0 Å². The van der Waals surface area contributed by atoms with Crippen LogP contribution in [0.5, 0.6) is 0 Å². The summed E-state index contributed by atoms with van der Waals surface area (Å²) in [6, 6.07) is 0. The molecule has 1 aliphatic rings. The van der Waals surface area contributed by atoms with E-state index in [2.05, 4.69) is 19.9 Å². The van der Waals surface area contributed by atoms with Gasteiger partial charge in [-0.3, -0.25) is 0 Å². The van der Waals surface area contributed by atoms with Crippen molar-refractivity contribution in [3.63, 3.8) is 0 Å². The highest BCUT2D eigenvalue weighted by Crippen LogP contribution is 2.44. The van der Waals surface area contributed by atoms with Crippen LogP contribution in [0.3, 0.4) is 0 Å². The fourth-order valence-corrected chi connectivity index (χ4v) is 2.94. The van der Waals surface area contributed by atoms with Gasteiger partial charge in [0.1, 0.15) is 0 Å². The molecule has 1 aliphatic heterocycles. The second-order valence-corrected chi connectivity index (χ2v) is 5.59. The maximum absolute atomic E-state index is 9.79. The molecule has 1 heterocycles. The van der Waals surface area contributed by atoms with Crippen molar-refractivity contribution in [2.75, 3.05) is 5.88 Å². The van der Waals surface area contributed by atoms with Crippen LogP contribution in [0.4, 0.5) is 0 Å². The van der Waals surface area contributed by atoms with E-state index in [1.165, 1.54) is 4.91 Å². The van der Waals surface area contributed by atoms with Crippen LogP contribution in [0.2, 0.25) is 0 Å². The molecule has 0 spiro atoms. The molecule has 1 N–H and O–H groups in total. The van der Waals surface area contributed by atoms with Crippen LogP contribution < -0.4 is 0 Å². The van der Waals surface area contributed by atoms with Crippen molar-refractivity contribution < 1.29 is 5.11 Å². The van der Waals surface area contributed by atoms with E-state index in [-0.39, 0.29) is 10.9 Å². The second kappa shape index (κ2) is 4.03. The van der Waals surface area contributed by atoms with Crippen LogP contribution in [0, 0.1) is 0 Å². The predicted molar refractivity (Wildman–Crippen MR) is 55.7 cm³/mol. The zero-order valence-corrected chi connectivity index (χ0v) is 9.08. The number of rotatable bonds is 3. The van der Waals surface area contributed by atoms with Crippen molar-refractivity contribution in [1.29, 1.82) is 0 Å². The van der Waals surface area contributed by atoms with Gasteiger partial charge >= 0.3 is 0 Å². The number of aliphatic hydroxyl groups is 1. The van der Waals surface area contributed by atoms with E-state index >= 15 is 0 Å². The molecule has 70 valence electrons. The molecule has 0 saturated carbocycles. The maximum atomic E-state index is 9.79. The first kappa shape index (κ1) is 10.4. The van der Waals surface area contributed by atoms with Crippen molar-refractivity contribution in [2.45, 2.75) is 37.5 Å². The molecule has 0 fully saturated rings. The largest absolute Gasteiger partial charge is 0.392 e. The van der Waals surface area contributed by atoms with Crippen molar-refractivity contribution >= 4 is 23.4 Å². The summed E-state index contributed by atoms with van der Waals surface area (Å²) in [5.41, 5.74) is 0. The van der Waals surface area contributed by atoms with Gasteiger partial charge in [0.15, 0.2) is 0 Å². The standard InChI is InChI=1S/C9H15ClOS/c1-7-3-5-9(2,12-7)8(11)4-6-10/h3,8,11H,4-6H2,1-2H3. The fourth-order valence-electron chi connectivity index (χ4n) is 1.41. The van der Waals surface area contributed by atoms with E-state index in [1.54, 1.807) is 11.8 Å². The minimum Gasteiger partial charge on any atom is -0.392 e. The Morgan fingerprint density at radius 2 is 2.50 bits per heavy atom. The van der Waals surface area contributed by atoms with Crippen molar-refractivity contribution in [3.8, 4) is 0 Å². The summed E-state index contributed by atoms with van der Waals surface area (Å²) in [5, 5.41) is 9.79. The smallest absolute Gasteiger partial charge is 0.0701 e. The van der Waals surface area contributed by atoms with Crippen molar-refractivity contribution in [1.82, 2.24) is 0 Å². The van der Waals surface area contributed by atoms with Gasteiger partial charge in [-0.25, -0.2) is 0 Å². The van der Waals surface area contributed by atoms with Gasteiger partial charge in [0.2, 0.25) is 0 Å². The molecule has 1 nitrogen and oxygen atoms in total. The number of thioether (sulfide) groups is 1. The summed E-state index contributed by atoms with van der Waals surface area (Å²) in [7, 11) is 0. The van der Waals surface area contributed by atoms with Gasteiger partial charge in [0.25, 0.3) is 0 Å². The lowest BCUT2D eigenvalue weighted by Gasteiger charge is -2.29. The van der Waals surface area contributed by atoms with Crippen LogP contribution in [0.15, 0.2) is 11.0 Å². The third-order valence-electron chi connectivity index (χ3n) is 2.28. The molecule has 0 aliphatic carbocycles. The molecule has 0 radical (unpaired) electrons. The van der Waals surface area contributed by atoms with E-state index in [0.717, 1.165) is 6.42 Å². The van der Waals surface area contributed by atoms with Crippen LogP contribution in [0.25, 0.3) is 0 Å². The molecule has 2 unspecified atom stereocenters. The summed E-state index contributed by atoms with van der Waals surface area (Å²) in [5.74, 6) is 0.538. The third kappa shape index (κ3) is 2.18. The van der Waals surface area contributed by atoms with Crippen LogP contribution >= 0.6 is 23.4 Å². The van der Waals surface area contributed by atoms with Crippen LogP contribution in [-0.4, -0.2) is 21.8 Å². The Morgan fingerprint density at radius 3 is 2.92 bits per heavy atom. The Kier molecular flexibility index (Phi) is 3.50. The first-order valence-electron chi connectivity index (χ1n) is 4.18. The zero-order valence-electron chi connectivity index (χ0n) is 7.51. The predicted octanol–water partition coefficient (Wildman–Crippen LogP) is 2.78. The quantitative estimate of drug-likeness (QED) is 0.717. The summed E-state index contributed by atoms with van der Waals surface area (Å²) in [4.78, 5) is 1.31. The Hall–Kier alpha value is 0.340. The van der Waals surface area contributed by atoms with Gasteiger partial charge in [0, 0.05) is 10.6 Å². The minimum absolute atomic E-state index is 0.0288. The first-order valence-corrected chi connectivity index (χ1v) is 5.53. The number of hydrogen-bond donors (Lipinski definition) is 1. The molecule has 2 atom stereocenters. The summed E-state index contributed by atoms with van der Waals surface area (Å²) in [6.45, 7) is 4.19. The number of hydrogen-bond acceptors (Lipinski definition) is 2. The molecule has 0 amide bonds. The van der Waals surface area contributed by atoms with E-state index in [0.29, 0.717) is 12.3 Å². The van der Waals surface area contributed by atoms with Gasteiger partial charge in [0.05, 0.1) is 6.10 Å². The van der Waals surface area contributed by atoms with Gasteiger partial charge in [-0.2, -0.15) is 0 Å². The van der Waals surface area contributed by atoms with Gasteiger partial charge in [-0.1, -0.05) is 6.08 Å². The highest BCUT2D eigenvalue weighted by Gasteiger charge is 2.35. The first-order chi connectivity index (χ1) is 5.58. The molecule has 1 rings (SSSR count). The molecule has 0 aromatic rings. The highest BCUT2D eigenvalue weighted by molar-refractivity contribution is 8.04. The molecule has 0 aromatic heterocycles. The number of alkyl halides is 1. The van der Waals surface area contributed by atoms with E-state index in [9.17, 15) is 5.11 Å². The molecular weight excluding hydrogens is 192 g/mol. The van der Waals surface area contributed by atoms with Crippen molar-refractivity contribution in [3.05, 3.63) is 11.0 Å². The Bertz CT molecular complexity index is 193. The van der Waals surface area contributed by atoms with Gasteiger partial charge in [-0.05, 0) is 31.6 Å². The average Bonchev–Trinajstić information content (AvgIpc) is 2.33. The van der Waals surface area contributed by atoms with E-state index in [1.807, 2.05) is 0 Å². The Morgan fingerprint density at radius 1 is 1.83 bits per heavy atom. The fraction of sp³-hybridized carbons (Fsp3) is 0.778. The molecule has 12 heavy (non-hydrogen) atoms. The molecule has 0 aromatic carbocycles. The lowest BCUT2D eigenvalue weighted by atomic mass is 9.98. The van der Waals surface area contributed by atoms with Gasteiger partial charge in [-0.15, -0.1) is 23.4 Å². The SMILES string of the molecule is CC1=CCC(C)(C(O)CCCl)S1. The summed E-state index contributed by atoms with van der Waals surface area (Å²) < 4.78 is -0.0288. The molecule has 0 saturated heterocycles. The topological polar surface area (TPSA) is 20.2 Å². The molecular formula is C9H15ClOS. The zero-order chi connectivity index (χ0) is 9.19. The minimum atomic E-state index is -0.284. The number of allylic oxidation sites excluding steroid dienone is 2. The maximum Gasteiger partial charge on any atom is 0.0701 e. The third-order valence-corrected chi connectivity index (χ3v) is 3.89.